The molecule has 0 aromatic rings. The lowest BCUT2D eigenvalue weighted by Crippen LogP contribution is -2.41. The summed E-state index contributed by atoms with van der Waals surface area (Å²) in [5.74, 6) is 0.726. The summed E-state index contributed by atoms with van der Waals surface area (Å²) in [4.78, 5) is 22.1. The standard InChI is InChI=1S/C10H16N2O3/c11-9(14)8(13)4-12-10(15)7-2-5-1-6(5)3-7/h5-8,13H,1-4H2,(H2,11,14)(H,12,15). The molecule has 0 aromatic carbocycles. The smallest absolute Gasteiger partial charge is 0.248 e. The third-order valence-corrected chi connectivity index (χ3v) is 3.41. The molecule has 2 saturated carbocycles. The maximum Gasteiger partial charge on any atom is 0.248 e. The van der Waals surface area contributed by atoms with E-state index in [1.54, 1.807) is 0 Å². The molecule has 2 aliphatic carbocycles. The molecule has 0 heterocycles. The van der Waals surface area contributed by atoms with E-state index < -0.39 is 12.0 Å². The second-order valence-electron chi connectivity index (χ2n) is 4.59. The van der Waals surface area contributed by atoms with Crippen molar-refractivity contribution >= 4 is 11.8 Å². The van der Waals surface area contributed by atoms with Gasteiger partial charge in [0, 0.05) is 5.92 Å². The molecule has 3 unspecified atom stereocenters. The maximum atomic E-state index is 11.6. The van der Waals surface area contributed by atoms with Crippen LogP contribution in [-0.2, 0) is 9.59 Å². The third kappa shape index (κ3) is 2.28. The van der Waals surface area contributed by atoms with Crippen LogP contribution in [0.4, 0.5) is 0 Å². The van der Waals surface area contributed by atoms with Gasteiger partial charge in [0.1, 0.15) is 6.10 Å². The van der Waals surface area contributed by atoms with Crippen LogP contribution < -0.4 is 11.1 Å². The topological polar surface area (TPSA) is 92.4 Å². The van der Waals surface area contributed by atoms with Crippen molar-refractivity contribution in [1.29, 1.82) is 0 Å². The van der Waals surface area contributed by atoms with Crippen molar-refractivity contribution in [3.8, 4) is 0 Å². The molecule has 3 atom stereocenters. The molecule has 0 radical (unpaired) electrons. The number of nitrogens with one attached hydrogen (secondary N) is 1. The molecule has 2 fully saturated rings. The molecule has 0 aliphatic heterocycles. The van der Waals surface area contributed by atoms with Crippen molar-refractivity contribution < 1.29 is 14.7 Å². The number of aliphatic hydroxyl groups is 1. The molecule has 0 aromatic heterocycles. The zero-order chi connectivity index (χ0) is 11.0. The van der Waals surface area contributed by atoms with E-state index in [2.05, 4.69) is 5.32 Å². The van der Waals surface area contributed by atoms with Gasteiger partial charge in [0.15, 0.2) is 0 Å². The lowest BCUT2D eigenvalue weighted by Gasteiger charge is -2.13. The van der Waals surface area contributed by atoms with Crippen LogP contribution >= 0.6 is 0 Å². The highest BCUT2D eigenvalue weighted by atomic mass is 16.3. The Hall–Kier alpha value is -1.10. The second-order valence-corrected chi connectivity index (χ2v) is 4.59. The number of rotatable bonds is 4. The number of hydrogen-bond acceptors (Lipinski definition) is 3. The number of aliphatic hydroxyl groups excluding tert-OH is 1. The van der Waals surface area contributed by atoms with Crippen molar-refractivity contribution in [1.82, 2.24) is 5.32 Å². The van der Waals surface area contributed by atoms with Crippen molar-refractivity contribution in [2.45, 2.75) is 25.4 Å². The molecular formula is C10H16N2O3. The van der Waals surface area contributed by atoms with E-state index in [9.17, 15) is 9.59 Å². The van der Waals surface area contributed by atoms with Gasteiger partial charge in [0.25, 0.3) is 0 Å². The SMILES string of the molecule is NC(=O)C(O)CNC(=O)C1CC2CC2C1. The van der Waals surface area contributed by atoms with Crippen LogP contribution in [0.1, 0.15) is 19.3 Å². The Morgan fingerprint density at radius 3 is 2.47 bits per heavy atom. The van der Waals surface area contributed by atoms with Gasteiger partial charge in [-0.2, -0.15) is 0 Å². The fourth-order valence-electron chi connectivity index (χ4n) is 2.37. The summed E-state index contributed by atoms with van der Waals surface area (Å²) in [5, 5.41) is 11.6. The first-order valence-electron chi connectivity index (χ1n) is 5.33. The van der Waals surface area contributed by atoms with Crippen LogP contribution in [0.25, 0.3) is 0 Å². The zero-order valence-corrected chi connectivity index (χ0v) is 8.48. The Morgan fingerprint density at radius 1 is 1.33 bits per heavy atom. The van der Waals surface area contributed by atoms with Crippen molar-refractivity contribution in [2.24, 2.45) is 23.5 Å². The average molecular weight is 212 g/mol. The first kappa shape index (κ1) is 10.4. The van der Waals surface area contributed by atoms with Gasteiger partial charge in [-0.15, -0.1) is 0 Å². The number of nitrogens with two attached hydrogens (primary N) is 1. The quantitative estimate of drug-likeness (QED) is 0.557. The van der Waals surface area contributed by atoms with Gasteiger partial charge in [-0.1, -0.05) is 0 Å². The summed E-state index contributed by atoms with van der Waals surface area (Å²) >= 11 is 0. The number of amides is 2. The van der Waals surface area contributed by atoms with Gasteiger partial charge in [-0.3, -0.25) is 9.59 Å². The number of primary amides is 1. The Bertz CT molecular complexity index is 282. The number of carbonyl (C=O) groups excluding carboxylic acids is 2. The minimum Gasteiger partial charge on any atom is -0.381 e. The highest BCUT2D eigenvalue weighted by Gasteiger charge is 2.47. The highest BCUT2D eigenvalue weighted by Crippen LogP contribution is 2.54. The van der Waals surface area contributed by atoms with Crippen molar-refractivity contribution in [2.75, 3.05) is 6.54 Å². The summed E-state index contributed by atoms with van der Waals surface area (Å²) in [6.45, 7) is -0.0694. The number of hydrogen-bond donors (Lipinski definition) is 3. The lowest BCUT2D eigenvalue weighted by molar-refractivity contribution is -0.128. The Labute approximate surface area is 88.0 Å². The monoisotopic (exact) mass is 212 g/mol. The van der Waals surface area contributed by atoms with Crippen LogP contribution in [0.3, 0.4) is 0 Å². The molecule has 5 heteroatoms. The minimum absolute atomic E-state index is 0.0532. The first-order chi connectivity index (χ1) is 7.08. The largest absolute Gasteiger partial charge is 0.381 e. The Balaban J connectivity index is 1.70. The first-order valence-corrected chi connectivity index (χ1v) is 5.33. The van der Waals surface area contributed by atoms with E-state index in [1.807, 2.05) is 0 Å². The predicted octanol–water partition coefficient (Wildman–Crippen LogP) is -1.01. The molecule has 84 valence electrons. The van der Waals surface area contributed by atoms with E-state index >= 15 is 0 Å². The number of carbonyl (C=O) groups is 2. The molecule has 0 saturated heterocycles. The summed E-state index contributed by atoms with van der Waals surface area (Å²) < 4.78 is 0. The lowest BCUT2D eigenvalue weighted by atomic mass is 10.0. The van der Waals surface area contributed by atoms with Gasteiger partial charge in [0.05, 0.1) is 6.54 Å². The summed E-state index contributed by atoms with van der Waals surface area (Å²) in [5.41, 5.74) is 4.86. The zero-order valence-electron chi connectivity index (χ0n) is 8.48. The molecule has 5 nitrogen and oxygen atoms in total. The third-order valence-electron chi connectivity index (χ3n) is 3.41. The molecule has 15 heavy (non-hydrogen) atoms. The second kappa shape index (κ2) is 3.81. The predicted molar refractivity (Wildman–Crippen MR) is 52.5 cm³/mol. The van der Waals surface area contributed by atoms with Crippen LogP contribution in [0.2, 0.25) is 0 Å². The molecule has 0 bridgehead atoms. The van der Waals surface area contributed by atoms with Gasteiger partial charge < -0.3 is 16.2 Å². The number of fused-ring (bicyclic) bond motifs is 1. The normalized spacial score (nSPS) is 34.3. The van der Waals surface area contributed by atoms with Gasteiger partial charge >= 0.3 is 0 Å². The average Bonchev–Trinajstić information content (AvgIpc) is 2.81. The molecule has 0 spiro atoms. The Morgan fingerprint density at radius 2 is 1.93 bits per heavy atom. The molecular weight excluding hydrogens is 196 g/mol. The maximum absolute atomic E-state index is 11.6. The summed E-state index contributed by atoms with van der Waals surface area (Å²) in [7, 11) is 0. The summed E-state index contributed by atoms with van der Waals surface area (Å²) in [6.07, 6.45) is 1.92. The molecule has 2 aliphatic rings. The van der Waals surface area contributed by atoms with Crippen LogP contribution in [-0.4, -0.2) is 29.6 Å². The van der Waals surface area contributed by atoms with Crippen LogP contribution in [0.15, 0.2) is 0 Å². The summed E-state index contributed by atoms with van der Waals surface area (Å²) in [6, 6.07) is 0. The van der Waals surface area contributed by atoms with Crippen LogP contribution in [0.5, 0.6) is 0 Å². The van der Waals surface area contributed by atoms with Crippen LogP contribution in [0, 0.1) is 17.8 Å². The van der Waals surface area contributed by atoms with E-state index in [0.29, 0.717) is 0 Å². The highest BCUT2D eigenvalue weighted by molar-refractivity contribution is 5.82. The fourth-order valence-corrected chi connectivity index (χ4v) is 2.37. The van der Waals surface area contributed by atoms with Gasteiger partial charge in [-0.25, -0.2) is 0 Å². The van der Waals surface area contributed by atoms with Gasteiger partial charge in [-0.05, 0) is 31.1 Å². The molecule has 2 amide bonds. The van der Waals surface area contributed by atoms with Crippen molar-refractivity contribution in [3.05, 3.63) is 0 Å². The minimum atomic E-state index is -1.27. The van der Waals surface area contributed by atoms with E-state index in [0.717, 1.165) is 24.7 Å². The van der Waals surface area contributed by atoms with E-state index in [1.165, 1.54) is 6.42 Å². The molecule has 2 rings (SSSR count). The van der Waals surface area contributed by atoms with E-state index in [-0.39, 0.29) is 18.4 Å². The van der Waals surface area contributed by atoms with Crippen molar-refractivity contribution in [3.63, 3.8) is 0 Å². The Kier molecular flexibility index (Phi) is 2.65. The fraction of sp³-hybridized carbons (Fsp3) is 0.800. The van der Waals surface area contributed by atoms with E-state index in [4.69, 9.17) is 10.8 Å². The van der Waals surface area contributed by atoms with Gasteiger partial charge in [0.2, 0.25) is 11.8 Å². The molecule has 4 N–H and O–H groups in total.